The zero-order chi connectivity index (χ0) is 24.1. The normalized spacial score (nSPS) is 16.9. The topological polar surface area (TPSA) is 66.8 Å². The molecule has 2 N–H and O–H groups in total. The Morgan fingerprint density at radius 1 is 0.909 bits per heavy atom. The van der Waals surface area contributed by atoms with Crippen LogP contribution in [0.5, 0.6) is 11.5 Å². The van der Waals surface area contributed by atoms with Crippen LogP contribution in [0.4, 0.5) is 0 Å². The first kappa shape index (κ1) is 27.1. The fraction of sp³-hybridized carbons (Fsp3) is 0.536. The van der Waals surface area contributed by atoms with E-state index in [1.54, 1.807) is 18.2 Å². The summed E-state index contributed by atoms with van der Waals surface area (Å²) >= 11 is 1.82. The highest BCUT2D eigenvalue weighted by Crippen LogP contribution is 2.49. The van der Waals surface area contributed by atoms with Gasteiger partial charge < -0.3 is 14.9 Å². The molecule has 0 saturated carbocycles. The maximum absolute atomic E-state index is 11.1. The molecule has 0 bridgehead atoms. The first-order valence-corrected chi connectivity index (χ1v) is 13.4. The van der Waals surface area contributed by atoms with Crippen LogP contribution in [0.1, 0.15) is 94.6 Å². The number of rotatable bonds is 11. The second kappa shape index (κ2) is 14.9. The second-order valence-corrected chi connectivity index (χ2v) is 9.49. The quantitative estimate of drug-likeness (QED) is 0.258. The summed E-state index contributed by atoms with van der Waals surface area (Å²) in [4.78, 5) is 12.3. The molecule has 2 atom stereocenters. The third-order valence-electron chi connectivity index (χ3n) is 6.25. The lowest BCUT2D eigenvalue weighted by Gasteiger charge is -2.34. The molecular weight excluding hydrogens is 432 g/mol. The van der Waals surface area contributed by atoms with E-state index in [-0.39, 0.29) is 5.97 Å². The van der Waals surface area contributed by atoms with Gasteiger partial charge in [0.25, 0.3) is 0 Å². The number of hydrogen-bond acceptors (Lipinski definition) is 5. The number of unbranched alkanes of at least 4 members (excludes halogenated alkanes) is 6. The summed E-state index contributed by atoms with van der Waals surface area (Å²) in [6.07, 6.45) is 9.70. The van der Waals surface area contributed by atoms with Crippen molar-refractivity contribution in [1.82, 2.24) is 0 Å². The van der Waals surface area contributed by atoms with E-state index in [0.717, 1.165) is 25.0 Å². The molecule has 0 spiro atoms. The molecule has 2 aromatic carbocycles. The Morgan fingerprint density at radius 3 is 2.18 bits per heavy atom. The van der Waals surface area contributed by atoms with Gasteiger partial charge >= 0.3 is 5.97 Å². The van der Waals surface area contributed by atoms with Crippen LogP contribution in [0.25, 0.3) is 0 Å². The minimum atomic E-state index is -0.109. The van der Waals surface area contributed by atoms with Crippen LogP contribution in [0.15, 0.2) is 47.4 Å². The van der Waals surface area contributed by atoms with Gasteiger partial charge in [-0.05, 0) is 54.2 Å². The van der Waals surface area contributed by atoms with Crippen molar-refractivity contribution in [2.45, 2.75) is 88.4 Å². The fourth-order valence-electron chi connectivity index (χ4n) is 4.49. The summed E-state index contributed by atoms with van der Waals surface area (Å²) in [5.74, 6) is 2.37. The van der Waals surface area contributed by atoms with Gasteiger partial charge in [-0.2, -0.15) is 0 Å². The summed E-state index contributed by atoms with van der Waals surface area (Å²) in [5, 5.41) is 19.6. The van der Waals surface area contributed by atoms with E-state index in [9.17, 15) is 15.0 Å². The Morgan fingerprint density at radius 2 is 1.52 bits per heavy atom. The van der Waals surface area contributed by atoms with Gasteiger partial charge in [0.2, 0.25) is 0 Å². The second-order valence-electron chi connectivity index (χ2n) is 8.43. The first-order valence-electron chi connectivity index (χ1n) is 12.4. The van der Waals surface area contributed by atoms with Crippen molar-refractivity contribution >= 4 is 17.7 Å². The molecular formula is C28H40O4S. The third kappa shape index (κ3) is 8.62. The maximum atomic E-state index is 11.1. The summed E-state index contributed by atoms with van der Waals surface area (Å²) in [6.45, 7) is 4.00. The lowest BCUT2D eigenvalue weighted by molar-refractivity contribution is -0.140. The van der Waals surface area contributed by atoms with Gasteiger partial charge in [-0.15, -0.1) is 11.8 Å². The SMILES string of the molecule is CC.COC(=O)CCCCCCCCCC1c2ccc(O)cc2SCC1c1ccc(O)cc1. The minimum Gasteiger partial charge on any atom is -0.508 e. The number of aromatic hydroxyl groups is 2. The van der Waals surface area contributed by atoms with Crippen molar-refractivity contribution in [2.75, 3.05) is 12.9 Å². The Labute approximate surface area is 203 Å². The van der Waals surface area contributed by atoms with Crippen LogP contribution >= 0.6 is 11.8 Å². The molecule has 0 amide bonds. The highest BCUT2D eigenvalue weighted by Gasteiger charge is 2.31. The van der Waals surface area contributed by atoms with E-state index in [2.05, 4.69) is 10.8 Å². The van der Waals surface area contributed by atoms with E-state index in [0.29, 0.717) is 29.8 Å². The number of carbonyl (C=O) groups excluding carboxylic acids is 1. The number of phenols is 2. The largest absolute Gasteiger partial charge is 0.508 e. The van der Waals surface area contributed by atoms with Gasteiger partial charge in [-0.25, -0.2) is 0 Å². The number of benzene rings is 2. The Bertz CT molecular complexity index is 834. The van der Waals surface area contributed by atoms with Crippen LogP contribution in [0.2, 0.25) is 0 Å². The van der Waals surface area contributed by atoms with Crippen molar-refractivity contribution in [1.29, 1.82) is 0 Å². The lowest BCUT2D eigenvalue weighted by atomic mass is 9.79. The molecule has 1 aliphatic rings. The van der Waals surface area contributed by atoms with Crippen LogP contribution in [0.3, 0.4) is 0 Å². The molecule has 2 aromatic rings. The maximum Gasteiger partial charge on any atom is 0.305 e. The zero-order valence-corrected chi connectivity index (χ0v) is 21.2. The zero-order valence-electron chi connectivity index (χ0n) is 20.4. The van der Waals surface area contributed by atoms with Crippen molar-refractivity contribution in [3.8, 4) is 11.5 Å². The standard InChI is InChI=1S/C26H34O4S.C2H6/c1-30-26(29)10-8-6-4-2-3-5-7-9-22-23-16-15-21(28)17-25(23)31-18-24(22)19-11-13-20(27)14-12-19;1-2/h11-17,22,24,27-28H,2-10,18H2,1H3;1-2H3. The predicted octanol–water partition coefficient (Wildman–Crippen LogP) is 7.78. The number of carbonyl (C=O) groups is 1. The molecule has 1 aliphatic heterocycles. The van der Waals surface area contributed by atoms with E-state index < -0.39 is 0 Å². The van der Waals surface area contributed by atoms with Crippen molar-refractivity contribution in [3.05, 3.63) is 53.6 Å². The number of hydrogen-bond donors (Lipinski definition) is 2. The highest BCUT2D eigenvalue weighted by molar-refractivity contribution is 7.99. The summed E-state index contributed by atoms with van der Waals surface area (Å²) in [7, 11) is 1.45. The molecule has 182 valence electrons. The van der Waals surface area contributed by atoms with Crippen LogP contribution in [0, 0.1) is 0 Å². The number of fused-ring (bicyclic) bond motifs is 1. The smallest absolute Gasteiger partial charge is 0.305 e. The molecule has 3 rings (SSSR count). The molecule has 0 saturated heterocycles. The number of methoxy groups -OCH3 is 1. The van der Waals surface area contributed by atoms with Crippen molar-refractivity contribution < 1.29 is 19.7 Å². The molecule has 1 heterocycles. The number of phenolic OH excluding ortho intramolecular Hbond substituents is 2. The molecule has 4 nitrogen and oxygen atoms in total. The van der Waals surface area contributed by atoms with Gasteiger partial charge in [-0.1, -0.05) is 70.6 Å². The first-order chi connectivity index (χ1) is 16.1. The predicted molar refractivity (Wildman–Crippen MR) is 137 cm³/mol. The van der Waals surface area contributed by atoms with Gasteiger partial charge in [0.15, 0.2) is 0 Å². The molecule has 0 aliphatic carbocycles. The van der Waals surface area contributed by atoms with Gasteiger partial charge in [0.05, 0.1) is 7.11 Å². The molecule has 5 heteroatoms. The summed E-state index contributed by atoms with van der Waals surface area (Å²) < 4.78 is 4.68. The average molecular weight is 473 g/mol. The van der Waals surface area contributed by atoms with Crippen LogP contribution in [-0.2, 0) is 9.53 Å². The van der Waals surface area contributed by atoms with Gasteiger partial charge in [-0.3, -0.25) is 4.79 Å². The monoisotopic (exact) mass is 472 g/mol. The van der Waals surface area contributed by atoms with Crippen LogP contribution in [-0.4, -0.2) is 29.0 Å². The highest BCUT2D eigenvalue weighted by atomic mass is 32.2. The molecule has 0 aromatic heterocycles. The molecule has 0 fully saturated rings. The molecule has 2 unspecified atom stereocenters. The molecule has 33 heavy (non-hydrogen) atoms. The lowest BCUT2D eigenvalue weighted by Crippen LogP contribution is -2.19. The number of esters is 1. The Kier molecular flexibility index (Phi) is 12.2. The Balaban J connectivity index is 0.00000187. The third-order valence-corrected chi connectivity index (χ3v) is 7.44. The minimum absolute atomic E-state index is 0.109. The van der Waals surface area contributed by atoms with Gasteiger partial charge in [0, 0.05) is 23.0 Å². The summed E-state index contributed by atoms with van der Waals surface area (Å²) in [6, 6.07) is 13.5. The van der Waals surface area contributed by atoms with E-state index >= 15 is 0 Å². The van der Waals surface area contributed by atoms with E-state index in [1.165, 1.54) is 55.2 Å². The van der Waals surface area contributed by atoms with Gasteiger partial charge in [0.1, 0.15) is 11.5 Å². The Hall–Kier alpha value is -2.14. The molecule has 0 radical (unpaired) electrons. The number of thioether (sulfide) groups is 1. The van der Waals surface area contributed by atoms with Crippen molar-refractivity contribution in [2.24, 2.45) is 0 Å². The van der Waals surface area contributed by atoms with E-state index in [4.69, 9.17) is 0 Å². The average Bonchev–Trinajstić information content (AvgIpc) is 2.84. The summed E-state index contributed by atoms with van der Waals surface area (Å²) in [5.41, 5.74) is 2.62. The van der Waals surface area contributed by atoms with Crippen LogP contribution < -0.4 is 0 Å². The fourth-order valence-corrected chi connectivity index (χ4v) is 5.87. The number of ether oxygens (including phenoxy) is 1. The van der Waals surface area contributed by atoms with Crippen molar-refractivity contribution in [3.63, 3.8) is 0 Å². The van der Waals surface area contributed by atoms with E-state index in [1.807, 2.05) is 43.8 Å².